The molecule has 3 heterocycles. The molecule has 1 unspecified atom stereocenters. The molecule has 1 N–H and O–H groups in total. The summed E-state index contributed by atoms with van der Waals surface area (Å²) in [6, 6.07) is -0.534. The number of rotatable bonds is 2. The maximum atomic E-state index is 11.5. The Hall–Kier alpha value is -2.18. The second-order valence-electron chi connectivity index (χ2n) is 5.09. The van der Waals surface area contributed by atoms with E-state index in [1.54, 1.807) is 12.4 Å². The lowest BCUT2D eigenvalue weighted by Crippen LogP contribution is -2.41. The van der Waals surface area contributed by atoms with Gasteiger partial charge in [0, 0.05) is 18.9 Å². The van der Waals surface area contributed by atoms with Gasteiger partial charge >= 0.3 is 5.97 Å². The number of nitrogens with zero attached hydrogens (tertiary/aromatic N) is 5. The molecule has 0 aliphatic carbocycles. The number of hydrogen-bond acceptors (Lipinski definition) is 5. The van der Waals surface area contributed by atoms with Gasteiger partial charge in [0.15, 0.2) is 5.82 Å². The van der Waals surface area contributed by atoms with E-state index in [0.29, 0.717) is 24.4 Å². The minimum absolute atomic E-state index is 0.534. The van der Waals surface area contributed by atoms with Crippen molar-refractivity contribution in [1.29, 1.82) is 0 Å². The molecule has 2 aromatic heterocycles. The van der Waals surface area contributed by atoms with Crippen molar-refractivity contribution in [3.63, 3.8) is 0 Å². The second kappa shape index (κ2) is 5.07. The summed E-state index contributed by atoms with van der Waals surface area (Å²) in [4.78, 5) is 17.7. The van der Waals surface area contributed by atoms with Gasteiger partial charge in [-0.1, -0.05) is 12.8 Å². The summed E-state index contributed by atoms with van der Waals surface area (Å²) in [6.45, 7) is 2.55. The van der Waals surface area contributed by atoms with Gasteiger partial charge in [0.25, 0.3) is 0 Å². The number of carbonyl (C=O) groups is 1. The smallest absolute Gasteiger partial charge is 0.326 e. The molecular weight excluding hydrogens is 258 g/mol. The Kier molecular flexibility index (Phi) is 3.25. The molecule has 1 atom stereocenters. The van der Waals surface area contributed by atoms with E-state index in [1.807, 2.05) is 16.2 Å². The molecule has 106 valence electrons. The molecule has 1 saturated heterocycles. The van der Waals surface area contributed by atoms with Crippen LogP contribution in [0.15, 0.2) is 12.4 Å². The van der Waals surface area contributed by atoms with E-state index < -0.39 is 12.0 Å². The molecule has 7 heteroatoms. The zero-order valence-electron chi connectivity index (χ0n) is 11.4. The first-order valence-electron chi connectivity index (χ1n) is 6.84. The van der Waals surface area contributed by atoms with E-state index in [-0.39, 0.29) is 0 Å². The molecule has 7 nitrogen and oxygen atoms in total. The molecule has 0 amide bonds. The quantitative estimate of drug-likeness (QED) is 0.888. The molecule has 1 aliphatic rings. The van der Waals surface area contributed by atoms with Crippen LogP contribution in [0.25, 0.3) is 5.65 Å². The number of hydrogen-bond donors (Lipinski definition) is 1. The molecule has 0 spiro atoms. The largest absolute Gasteiger partial charge is 0.480 e. The zero-order valence-corrected chi connectivity index (χ0v) is 11.4. The van der Waals surface area contributed by atoms with Crippen molar-refractivity contribution in [2.24, 2.45) is 0 Å². The molecule has 1 aliphatic heterocycles. The van der Waals surface area contributed by atoms with Gasteiger partial charge in [-0.05, 0) is 19.8 Å². The van der Waals surface area contributed by atoms with Crippen molar-refractivity contribution in [2.75, 3.05) is 11.4 Å². The van der Waals surface area contributed by atoms with Crippen LogP contribution in [-0.2, 0) is 4.79 Å². The van der Waals surface area contributed by atoms with Gasteiger partial charge in [0.05, 0.1) is 0 Å². The van der Waals surface area contributed by atoms with Crippen LogP contribution in [0.3, 0.4) is 0 Å². The zero-order chi connectivity index (χ0) is 14.1. The molecular formula is C13H17N5O2. The molecule has 20 heavy (non-hydrogen) atoms. The van der Waals surface area contributed by atoms with E-state index in [2.05, 4.69) is 15.2 Å². The van der Waals surface area contributed by atoms with Crippen LogP contribution in [0.4, 0.5) is 5.82 Å². The number of anilines is 1. The Morgan fingerprint density at radius 1 is 1.35 bits per heavy atom. The average Bonchev–Trinajstić information content (AvgIpc) is 2.68. The minimum Gasteiger partial charge on any atom is -0.480 e. The van der Waals surface area contributed by atoms with Crippen molar-refractivity contribution < 1.29 is 9.90 Å². The Balaban J connectivity index is 2.09. The standard InChI is InChI=1S/C13H17N5O2/c1-9-15-16-12-11(14-6-8-17(9)12)18-7-4-2-3-5-10(18)13(19)20/h6,8,10H,2-5,7H2,1H3,(H,19,20). The third-order valence-corrected chi connectivity index (χ3v) is 3.79. The van der Waals surface area contributed by atoms with Crippen molar-refractivity contribution in [1.82, 2.24) is 19.6 Å². The van der Waals surface area contributed by atoms with Crippen molar-refractivity contribution in [3.05, 3.63) is 18.2 Å². The lowest BCUT2D eigenvalue weighted by atomic mass is 10.1. The second-order valence-corrected chi connectivity index (χ2v) is 5.09. The topological polar surface area (TPSA) is 83.6 Å². The summed E-state index contributed by atoms with van der Waals surface area (Å²) in [6.07, 6.45) is 7.06. The monoisotopic (exact) mass is 275 g/mol. The molecule has 0 radical (unpaired) electrons. The predicted octanol–water partition coefficient (Wildman–Crippen LogP) is 1.27. The van der Waals surface area contributed by atoms with Crippen LogP contribution in [0, 0.1) is 6.92 Å². The molecule has 0 bridgehead atoms. The first kappa shape index (κ1) is 12.8. The summed E-state index contributed by atoms with van der Waals surface area (Å²) in [7, 11) is 0. The van der Waals surface area contributed by atoms with Gasteiger partial charge in [0.2, 0.25) is 5.65 Å². The van der Waals surface area contributed by atoms with E-state index in [0.717, 1.165) is 25.1 Å². The highest BCUT2D eigenvalue weighted by atomic mass is 16.4. The third kappa shape index (κ3) is 2.09. The first-order valence-corrected chi connectivity index (χ1v) is 6.84. The number of aryl methyl sites for hydroxylation is 1. The Bertz CT molecular complexity index is 639. The van der Waals surface area contributed by atoms with Crippen molar-refractivity contribution >= 4 is 17.4 Å². The molecule has 2 aromatic rings. The number of carboxylic acids is 1. The highest BCUT2D eigenvalue weighted by molar-refractivity contribution is 5.80. The Morgan fingerprint density at radius 3 is 3.00 bits per heavy atom. The van der Waals surface area contributed by atoms with E-state index in [1.165, 1.54) is 0 Å². The lowest BCUT2D eigenvalue weighted by molar-refractivity contribution is -0.138. The summed E-state index contributed by atoms with van der Waals surface area (Å²) in [5.74, 6) is 0.583. The average molecular weight is 275 g/mol. The molecule has 0 saturated carbocycles. The van der Waals surface area contributed by atoms with Crippen LogP contribution in [0.5, 0.6) is 0 Å². The molecule has 3 rings (SSSR count). The van der Waals surface area contributed by atoms with Crippen LogP contribution in [0.2, 0.25) is 0 Å². The minimum atomic E-state index is -0.799. The fourth-order valence-electron chi connectivity index (χ4n) is 2.75. The normalized spacial score (nSPS) is 20.1. The highest BCUT2D eigenvalue weighted by Crippen LogP contribution is 2.25. The van der Waals surface area contributed by atoms with E-state index in [4.69, 9.17) is 0 Å². The number of aromatic nitrogens is 4. The predicted molar refractivity (Wildman–Crippen MR) is 72.8 cm³/mol. The van der Waals surface area contributed by atoms with Gasteiger partial charge in [0.1, 0.15) is 11.9 Å². The van der Waals surface area contributed by atoms with E-state index in [9.17, 15) is 9.90 Å². The number of aliphatic carboxylic acids is 1. The summed E-state index contributed by atoms with van der Waals surface area (Å²) < 4.78 is 1.84. The van der Waals surface area contributed by atoms with Gasteiger partial charge in [-0.15, -0.1) is 10.2 Å². The van der Waals surface area contributed by atoms with Crippen LogP contribution in [-0.4, -0.2) is 43.2 Å². The van der Waals surface area contributed by atoms with Crippen LogP contribution >= 0.6 is 0 Å². The lowest BCUT2D eigenvalue weighted by Gasteiger charge is -2.27. The fraction of sp³-hybridized carbons (Fsp3) is 0.538. The maximum Gasteiger partial charge on any atom is 0.326 e. The van der Waals surface area contributed by atoms with Gasteiger partial charge in [-0.25, -0.2) is 9.78 Å². The Morgan fingerprint density at radius 2 is 2.20 bits per heavy atom. The fourth-order valence-corrected chi connectivity index (χ4v) is 2.75. The maximum absolute atomic E-state index is 11.5. The Labute approximate surface area is 116 Å². The van der Waals surface area contributed by atoms with Crippen LogP contribution in [0.1, 0.15) is 31.5 Å². The third-order valence-electron chi connectivity index (χ3n) is 3.79. The van der Waals surface area contributed by atoms with Crippen LogP contribution < -0.4 is 4.90 Å². The first-order chi connectivity index (χ1) is 9.68. The van der Waals surface area contributed by atoms with Gasteiger partial charge < -0.3 is 10.0 Å². The van der Waals surface area contributed by atoms with Crippen molar-refractivity contribution in [3.8, 4) is 0 Å². The SMILES string of the molecule is Cc1nnc2c(N3CCCCCC3C(=O)O)nccn12. The highest BCUT2D eigenvalue weighted by Gasteiger charge is 2.30. The summed E-state index contributed by atoms with van der Waals surface area (Å²) in [5, 5.41) is 17.6. The van der Waals surface area contributed by atoms with Crippen molar-refractivity contribution in [2.45, 2.75) is 38.6 Å². The van der Waals surface area contributed by atoms with Gasteiger partial charge in [-0.3, -0.25) is 4.40 Å². The molecule has 1 fully saturated rings. The number of fused-ring (bicyclic) bond motifs is 1. The summed E-state index contributed by atoms with van der Waals surface area (Å²) in [5.41, 5.74) is 0.623. The van der Waals surface area contributed by atoms with E-state index >= 15 is 0 Å². The number of carboxylic acid groups (broad SMARTS) is 1. The molecule has 0 aromatic carbocycles. The summed E-state index contributed by atoms with van der Waals surface area (Å²) >= 11 is 0. The van der Waals surface area contributed by atoms with Gasteiger partial charge in [-0.2, -0.15) is 0 Å².